The Kier molecular flexibility index (Phi) is 2.50. The zero-order chi connectivity index (χ0) is 10.1. The lowest BCUT2D eigenvalue weighted by molar-refractivity contribution is 0.579. The molecule has 80 valence electrons. The van der Waals surface area contributed by atoms with Crippen LogP contribution in [0.4, 0.5) is 5.95 Å². The zero-order valence-electron chi connectivity index (χ0n) is 8.57. The lowest BCUT2D eigenvalue weighted by atomic mass is 10.3. The summed E-state index contributed by atoms with van der Waals surface area (Å²) in [6.07, 6.45) is 2.00. The second-order valence-corrected chi connectivity index (χ2v) is 4.86. The first-order valence-electron chi connectivity index (χ1n) is 5.32. The van der Waals surface area contributed by atoms with Gasteiger partial charge in [-0.3, -0.25) is 0 Å². The van der Waals surface area contributed by atoms with Crippen LogP contribution >= 0.6 is 11.8 Å². The number of nitrogens with zero attached hydrogens (tertiary/aromatic N) is 3. The maximum absolute atomic E-state index is 4.64. The Morgan fingerprint density at radius 2 is 2.13 bits per heavy atom. The molecule has 1 saturated heterocycles. The van der Waals surface area contributed by atoms with Crippen molar-refractivity contribution in [2.24, 2.45) is 0 Å². The third-order valence-electron chi connectivity index (χ3n) is 2.84. The van der Waals surface area contributed by atoms with Crippen LogP contribution in [0.25, 0.3) is 0 Å². The summed E-state index contributed by atoms with van der Waals surface area (Å²) in [6, 6.07) is 0. The Balaban J connectivity index is 1.85. The van der Waals surface area contributed by atoms with Gasteiger partial charge in [0.25, 0.3) is 0 Å². The fraction of sp³-hybridized carbons (Fsp3) is 0.600. The highest BCUT2D eigenvalue weighted by Gasteiger charge is 2.17. The number of hydrogen-bond donors (Lipinski definition) is 1. The van der Waals surface area contributed by atoms with Gasteiger partial charge in [0.05, 0.1) is 5.69 Å². The molecule has 3 heterocycles. The van der Waals surface area contributed by atoms with E-state index in [2.05, 4.69) is 20.2 Å². The van der Waals surface area contributed by atoms with Crippen molar-refractivity contribution >= 4 is 17.7 Å². The number of thioether (sulfide) groups is 1. The first-order valence-corrected chi connectivity index (χ1v) is 6.47. The standard InChI is InChI=1S/C10H14N4S/c1-3-14(4-2-11-1)10-12-5-8-6-15-7-9(8)13-10/h5,11H,1-4,6-7H2. The van der Waals surface area contributed by atoms with Crippen LogP contribution in [0.15, 0.2) is 6.20 Å². The summed E-state index contributed by atoms with van der Waals surface area (Å²) in [5.41, 5.74) is 2.56. The summed E-state index contributed by atoms with van der Waals surface area (Å²) in [5, 5.41) is 3.34. The molecule has 0 atom stereocenters. The highest BCUT2D eigenvalue weighted by molar-refractivity contribution is 7.98. The van der Waals surface area contributed by atoms with Gasteiger partial charge < -0.3 is 10.2 Å². The van der Waals surface area contributed by atoms with E-state index in [1.54, 1.807) is 0 Å². The van der Waals surface area contributed by atoms with Crippen LogP contribution in [0, 0.1) is 0 Å². The minimum atomic E-state index is 0.915. The minimum absolute atomic E-state index is 0.915. The van der Waals surface area contributed by atoms with Gasteiger partial charge in [-0.25, -0.2) is 9.97 Å². The second-order valence-electron chi connectivity index (χ2n) is 3.87. The maximum atomic E-state index is 4.64. The van der Waals surface area contributed by atoms with E-state index < -0.39 is 0 Å². The van der Waals surface area contributed by atoms with Crippen molar-refractivity contribution in [2.75, 3.05) is 31.1 Å². The molecule has 1 fully saturated rings. The number of aromatic nitrogens is 2. The van der Waals surface area contributed by atoms with Crippen LogP contribution in [0.3, 0.4) is 0 Å². The molecule has 0 spiro atoms. The van der Waals surface area contributed by atoms with Gasteiger partial charge in [-0.2, -0.15) is 11.8 Å². The molecule has 2 aliphatic rings. The molecule has 0 aliphatic carbocycles. The van der Waals surface area contributed by atoms with E-state index in [1.807, 2.05) is 18.0 Å². The highest BCUT2D eigenvalue weighted by atomic mass is 32.2. The Morgan fingerprint density at radius 1 is 1.27 bits per heavy atom. The van der Waals surface area contributed by atoms with E-state index in [0.717, 1.165) is 43.6 Å². The first-order chi connectivity index (χ1) is 7.43. The fourth-order valence-corrected chi connectivity index (χ4v) is 2.96. The second kappa shape index (κ2) is 3.98. The van der Waals surface area contributed by atoms with Crippen molar-refractivity contribution in [1.29, 1.82) is 0 Å². The summed E-state index contributed by atoms with van der Waals surface area (Å²) in [5.74, 6) is 3.05. The molecule has 5 heteroatoms. The van der Waals surface area contributed by atoms with Crippen molar-refractivity contribution in [3.63, 3.8) is 0 Å². The van der Waals surface area contributed by atoms with Gasteiger partial charge >= 0.3 is 0 Å². The van der Waals surface area contributed by atoms with Crippen molar-refractivity contribution in [3.05, 3.63) is 17.5 Å². The summed E-state index contributed by atoms with van der Waals surface area (Å²) in [4.78, 5) is 11.4. The van der Waals surface area contributed by atoms with Crippen LogP contribution in [-0.4, -0.2) is 36.1 Å². The molecule has 1 N–H and O–H groups in total. The number of hydrogen-bond acceptors (Lipinski definition) is 5. The Labute approximate surface area is 93.5 Å². The van der Waals surface area contributed by atoms with E-state index in [1.165, 1.54) is 11.3 Å². The van der Waals surface area contributed by atoms with Crippen LogP contribution in [0.5, 0.6) is 0 Å². The van der Waals surface area contributed by atoms with Gasteiger partial charge in [0.1, 0.15) is 0 Å². The summed E-state index contributed by atoms with van der Waals surface area (Å²) in [7, 11) is 0. The molecule has 3 rings (SSSR count). The van der Waals surface area contributed by atoms with E-state index in [0.29, 0.717) is 0 Å². The molecule has 4 nitrogen and oxygen atoms in total. The summed E-state index contributed by atoms with van der Waals surface area (Å²) in [6.45, 7) is 4.11. The molecule has 1 aromatic heterocycles. The monoisotopic (exact) mass is 222 g/mol. The molecular formula is C10H14N4S. The van der Waals surface area contributed by atoms with Gasteiger partial charge in [-0.1, -0.05) is 0 Å². The molecule has 0 bridgehead atoms. The summed E-state index contributed by atoms with van der Waals surface area (Å²) < 4.78 is 0. The molecule has 1 aromatic rings. The molecule has 0 amide bonds. The lowest BCUT2D eigenvalue weighted by Crippen LogP contribution is -2.44. The quantitative estimate of drug-likeness (QED) is 0.755. The van der Waals surface area contributed by atoms with E-state index >= 15 is 0 Å². The van der Waals surface area contributed by atoms with Crippen molar-refractivity contribution in [1.82, 2.24) is 15.3 Å². The molecular weight excluding hydrogens is 208 g/mol. The number of piperazine rings is 1. The zero-order valence-corrected chi connectivity index (χ0v) is 9.39. The molecule has 0 unspecified atom stereocenters. The predicted octanol–water partition coefficient (Wildman–Crippen LogP) is 0.633. The number of fused-ring (bicyclic) bond motifs is 1. The van der Waals surface area contributed by atoms with Crippen LogP contribution in [0.1, 0.15) is 11.3 Å². The van der Waals surface area contributed by atoms with Crippen LogP contribution in [-0.2, 0) is 11.5 Å². The molecule has 15 heavy (non-hydrogen) atoms. The van der Waals surface area contributed by atoms with Crippen molar-refractivity contribution in [3.8, 4) is 0 Å². The van der Waals surface area contributed by atoms with Gasteiger partial charge in [-0.05, 0) is 0 Å². The SMILES string of the molecule is c1nc(N2CCNCC2)nc2c1CSC2. The Bertz CT molecular complexity index is 362. The van der Waals surface area contributed by atoms with E-state index in [9.17, 15) is 0 Å². The molecule has 0 radical (unpaired) electrons. The average molecular weight is 222 g/mol. The predicted molar refractivity (Wildman–Crippen MR) is 62.1 cm³/mol. The highest BCUT2D eigenvalue weighted by Crippen LogP contribution is 2.28. The number of nitrogens with one attached hydrogen (secondary N) is 1. The summed E-state index contributed by atoms with van der Waals surface area (Å²) >= 11 is 1.92. The number of rotatable bonds is 1. The first kappa shape index (κ1) is 9.42. The van der Waals surface area contributed by atoms with Crippen molar-refractivity contribution in [2.45, 2.75) is 11.5 Å². The smallest absolute Gasteiger partial charge is 0.225 e. The molecule has 0 saturated carbocycles. The van der Waals surface area contributed by atoms with Gasteiger partial charge in [0, 0.05) is 49.4 Å². The maximum Gasteiger partial charge on any atom is 0.225 e. The van der Waals surface area contributed by atoms with Crippen molar-refractivity contribution < 1.29 is 0 Å². The Hall–Kier alpha value is -0.810. The van der Waals surface area contributed by atoms with Gasteiger partial charge in [0.15, 0.2) is 0 Å². The fourth-order valence-electron chi connectivity index (χ4n) is 1.95. The Morgan fingerprint density at radius 3 is 3.00 bits per heavy atom. The lowest BCUT2D eigenvalue weighted by Gasteiger charge is -2.27. The molecule has 0 aromatic carbocycles. The largest absolute Gasteiger partial charge is 0.338 e. The normalized spacial score (nSPS) is 20.4. The van der Waals surface area contributed by atoms with Crippen LogP contribution < -0.4 is 10.2 Å². The number of anilines is 1. The topological polar surface area (TPSA) is 41.1 Å². The minimum Gasteiger partial charge on any atom is -0.338 e. The van der Waals surface area contributed by atoms with E-state index in [-0.39, 0.29) is 0 Å². The van der Waals surface area contributed by atoms with Crippen LogP contribution in [0.2, 0.25) is 0 Å². The third-order valence-corrected chi connectivity index (χ3v) is 3.83. The van der Waals surface area contributed by atoms with Gasteiger partial charge in [0.2, 0.25) is 5.95 Å². The average Bonchev–Trinajstić information content (AvgIpc) is 2.77. The van der Waals surface area contributed by atoms with E-state index in [4.69, 9.17) is 0 Å². The van der Waals surface area contributed by atoms with Gasteiger partial charge in [-0.15, -0.1) is 0 Å². The molecule has 2 aliphatic heterocycles. The third kappa shape index (κ3) is 1.81.